The maximum atomic E-state index is 9.55. The van der Waals surface area contributed by atoms with E-state index in [0.717, 1.165) is 23.1 Å². The van der Waals surface area contributed by atoms with Gasteiger partial charge >= 0.3 is 0 Å². The van der Waals surface area contributed by atoms with Crippen molar-refractivity contribution in [3.8, 4) is 0 Å². The van der Waals surface area contributed by atoms with E-state index in [0.29, 0.717) is 23.7 Å². The molecular formula is C13H16N6OS. The van der Waals surface area contributed by atoms with Gasteiger partial charge in [0.05, 0.1) is 5.52 Å². The molecule has 3 aromatic heterocycles. The molecular weight excluding hydrogens is 288 g/mol. The molecule has 8 heteroatoms. The van der Waals surface area contributed by atoms with Crippen LogP contribution >= 0.6 is 11.9 Å². The lowest BCUT2D eigenvalue weighted by Gasteiger charge is -2.09. The quantitative estimate of drug-likeness (QED) is 0.476. The van der Waals surface area contributed by atoms with Crippen molar-refractivity contribution in [2.45, 2.75) is 13.2 Å². The lowest BCUT2D eigenvalue weighted by Crippen LogP contribution is -2.15. The summed E-state index contributed by atoms with van der Waals surface area (Å²) < 4.78 is 5.13. The van der Waals surface area contributed by atoms with Gasteiger partial charge < -0.3 is 15.4 Å². The topological polar surface area (TPSA) is 102 Å². The van der Waals surface area contributed by atoms with Crippen molar-refractivity contribution in [3.63, 3.8) is 0 Å². The van der Waals surface area contributed by atoms with Gasteiger partial charge in [0.2, 0.25) is 0 Å². The Labute approximate surface area is 125 Å². The van der Waals surface area contributed by atoms with Crippen molar-refractivity contribution in [3.05, 3.63) is 24.2 Å². The van der Waals surface area contributed by atoms with Gasteiger partial charge in [0.1, 0.15) is 29.0 Å². The van der Waals surface area contributed by atoms with E-state index >= 15 is 0 Å². The number of hydrogen-bond acceptors (Lipinski definition) is 7. The smallest absolute Gasteiger partial charge is 0.152 e. The summed E-state index contributed by atoms with van der Waals surface area (Å²) in [5, 5.41) is 9.55. The van der Waals surface area contributed by atoms with E-state index in [9.17, 15) is 5.11 Å². The number of aliphatic hydroxyl groups is 1. The number of nitrogens with zero attached hydrogens (tertiary/aromatic N) is 4. The number of nitrogens with one attached hydrogen (secondary N) is 1. The van der Waals surface area contributed by atoms with Crippen LogP contribution in [0.3, 0.4) is 0 Å². The molecule has 3 heterocycles. The summed E-state index contributed by atoms with van der Waals surface area (Å²) in [6, 6.07) is 3.69. The van der Waals surface area contributed by atoms with E-state index in [-0.39, 0.29) is 6.61 Å². The Morgan fingerprint density at radius 1 is 1.38 bits per heavy atom. The Balaban J connectivity index is 2.27. The monoisotopic (exact) mass is 304 g/mol. The fourth-order valence-electron chi connectivity index (χ4n) is 2.39. The molecule has 3 aromatic rings. The first kappa shape index (κ1) is 14.1. The fraction of sp³-hybridized carbons (Fsp3) is 0.308. The van der Waals surface area contributed by atoms with Gasteiger partial charge in [0.15, 0.2) is 5.82 Å². The Morgan fingerprint density at radius 3 is 3.00 bits per heavy atom. The molecule has 0 saturated carbocycles. The predicted molar refractivity (Wildman–Crippen MR) is 84.7 cm³/mol. The van der Waals surface area contributed by atoms with Crippen molar-refractivity contribution in [2.75, 3.05) is 18.5 Å². The van der Waals surface area contributed by atoms with Gasteiger partial charge in [0.25, 0.3) is 0 Å². The van der Waals surface area contributed by atoms with Crippen LogP contribution in [-0.4, -0.2) is 37.4 Å². The molecule has 0 fully saturated rings. The van der Waals surface area contributed by atoms with Crippen LogP contribution < -0.4 is 10.5 Å². The highest BCUT2D eigenvalue weighted by atomic mass is 32.2. The van der Waals surface area contributed by atoms with E-state index in [4.69, 9.17) is 5.73 Å². The van der Waals surface area contributed by atoms with Crippen LogP contribution in [0.2, 0.25) is 0 Å². The van der Waals surface area contributed by atoms with Gasteiger partial charge in [-0.15, -0.1) is 0 Å². The molecule has 4 N–H and O–H groups in total. The number of hydrogen-bond donors (Lipinski definition) is 3. The van der Waals surface area contributed by atoms with Crippen LogP contribution in [0.4, 0.5) is 5.82 Å². The van der Waals surface area contributed by atoms with Crippen LogP contribution in [-0.2, 0) is 13.2 Å². The summed E-state index contributed by atoms with van der Waals surface area (Å²) in [6.45, 7) is 1.26. The average molecular weight is 304 g/mol. The minimum Gasteiger partial charge on any atom is -0.388 e. The Bertz CT molecular complexity index is 787. The second-order valence-corrected chi connectivity index (χ2v) is 5.20. The molecule has 0 aliphatic rings. The summed E-state index contributed by atoms with van der Waals surface area (Å²) in [5.41, 5.74) is 8.89. The first-order chi connectivity index (χ1) is 10.3. The molecule has 0 aromatic carbocycles. The standard InChI is InChI=1S/C13H16N6OS/c1-21-16-5-6-19-9(7-20)18-11-12(19)10-8(17-13(11)14)3-2-4-15-10/h2-4,16,20H,5-7H2,1H3,(H2,14,17). The van der Waals surface area contributed by atoms with Gasteiger partial charge in [0, 0.05) is 19.3 Å². The molecule has 0 aliphatic carbocycles. The Hall–Kier alpha value is -1.90. The van der Waals surface area contributed by atoms with Gasteiger partial charge in [-0.25, -0.2) is 9.97 Å². The molecule has 110 valence electrons. The van der Waals surface area contributed by atoms with Crippen molar-refractivity contribution in [2.24, 2.45) is 0 Å². The van der Waals surface area contributed by atoms with Crippen LogP contribution in [0.1, 0.15) is 5.82 Å². The summed E-state index contributed by atoms with van der Waals surface area (Å²) in [7, 11) is 0. The number of fused-ring (bicyclic) bond motifs is 3. The lowest BCUT2D eigenvalue weighted by atomic mass is 10.2. The number of imidazole rings is 1. The van der Waals surface area contributed by atoms with Gasteiger partial charge in [-0.05, 0) is 18.4 Å². The highest BCUT2D eigenvalue weighted by Gasteiger charge is 2.17. The minimum atomic E-state index is -0.151. The van der Waals surface area contributed by atoms with Crippen LogP contribution in [0, 0.1) is 0 Å². The average Bonchev–Trinajstić information content (AvgIpc) is 2.87. The van der Waals surface area contributed by atoms with E-state index in [1.54, 1.807) is 18.1 Å². The molecule has 21 heavy (non-hydrogen) atoms. The van der Waals surface area contributed by atoms with Crippen LogP contribution in [0.15, 0.2) is 18.3 Å². The normalized spacial score (nSPS) is 11.5. The SMILES string of the molecule is CSNCCn1c(CO)nc2c(N)nc3cccnc3c21. The minimum absolute atomic E-state index is 0.151. The number of anilines is 1. The van der Waals surface area contributed by atoms with Gasteiger partial charge in [-0.3, -0.25) is 9.71 Å². The Kier molecular flexibility index (Phi) is 3.91. The molecule has 0 amide bonds. The highest BCUT2D eigenvalue weighted by Crippen LogP contribution is 2.27. The second kappa shape index (κ2) is 5.84. The summed E-state index contributed by atoms with van der Waals surface area (Å²) in [6.07, 6.45) is 3.69. The third-order valence-electron chi connectivity index (χ3n) is 3.26. The van der Waals surface area contributed by atoms with E-state index < -0.39 is 0 Å². The molecule has 7 nitrogen and oxygen atoms in total. The van der Waals surface area contributed by atoms with Crippen molar-refractivity contribution in [1.82, 2.24) is 24.2 Å². The summed E-state index contributed by atoms with van der Waals surface area (Å²) in [5.74, 6) is 0.927. The molecule has 3 rings (SSSR count). The zero-order chi connectivity index (χ0) is 14.8. The van der Waals surface area contributed by atoms with Gasteiger partial charge in [-0.1, -0.05) is 11.9 Å². The molecule has 0 spiro atoms. The van der Waals surface area contributed by atoms with E-state index in [1.807, 2.05) is 23.0 Å². The number of rotatable bonds is 5. The number of aliphatic hydroxyl groups excluding tert-OH is 1. The van der Waals surface area contributed by atoms with Crippen molar-refractivity contribution >= 4 is 39.8 Å². The van der Waals surface area contributed by atoms with E-state index in [1.165, 1.54) is 0 Å². The van der Waals surface area contributed by atoms with Crippen molar-refractivity contribution < 1.29 is 5.11 Å². The van der Waals surface area contributed by atoms with Crippen molar-refractivity contribution in [1.29, 1.82) is 0 Å². The Morgan fingerprint density at radius 2 is 2.24 bits per heavy atom. The van der Waals surface area contributed by atoms with Crippen LogP contribution in [0.5, 0.6) is 0 Å². The molecule has 0 unspecified atom stereocenters. The van der Waals surface area contributed by atoms with Crippen LogP contribution in [0.25, 0.3) is 22.1 Å². The highest BCUT2D eigenvalue weighted by molar-refractivity contribution is 7.96. The predicted octanol–water partition coefficient (Wildman–Crippen LogP) is 0.922. The molecule has 0 atom stereocenters. The second-order valence-electron chi connectivity index (χ2n) is 4.50. The number of aromatic nitrogens is 4. The fourth-order valence-corrected chi connectivity index (χ4v) is 2.69. The largest absolute Gasteiger partial charge is 0.388 e. The first-order valence-corrected chi connectivity index (χ1v) is 7.74. The molecule has 0 radical (unpaired) electrons. The third-order valence-corrected chi connectivity index (χ3v) is 3.76. The maximum Gasteiger partial charge on any atom is 0.152 e. The zero-order valence-corrected chi connectivity index (χ0v) is 12.4. The molecule has 0 bridgehead atoms. The zero-order valence-electron chi connectivity index (χ0n) is 11.6. The lowest BCUT2D eigenvalue weighted by molar-refractivity contribution is 0.266. The number of nitrogens with two attached hydrogens (primary N) is 1. The molecule has 0 saturated heterocycles. The summed E-state index contributed by atoms with van der Waals surface area (Å²) >= 11 is 1.55. The third kappa shape index (κ3) is 2.41. The van der Waals surface area contributed by atoms with Gasteiger partial charge in [-0.2, -0.15) is 0 Å². The number of pyridine rings is 2. The number of nitrogen functional groups attached to an aromatic ring is 1. The maximum absolute atomic E-state index is 9.55. The molecule has 0 aliphatic heterocycles. The summed E-state index contributed by atoms with van der Waals surface area (Å²) in [4.78, 5) is 13.1. The first-order valence-electron chi connectivity index (χ1n) is 6.52. The van der Waals surface area contributed by atoms with E-state index in [2.05, 4.69) is 19.7 Å².